The van der Waals surface area contributed by atoms with E-state index in [9.17, 15) is 0 Å². The lowest BCUT2D eigenvalue weighted by atomic mass is 10.3. The summed E-state index contributed by atoms with van der Waals surface area (Å²) in [6.45, 7) is 2.45. The van der Waals surface area contributed by atoms with Crippen molar-refractivity contribution in [3.05, 3.63) is 23.7 Å². The Morgan fingerprint density at radius 3 is 2.71 bits per heavy atom. The Labute approximate surface area is 112 Å². The van der Waals surface area contributed by atoms with Crippen molar-refractivity contribution in [1.29, 1.82) is 0 Å². The van der Waals surface area contributed by atoms with Gasteiger partial charge in [0.15, 0.2) is 8.68 Å². The molecule has 2 aromatic rings. The first-order chi connectivity index (χ1) is 8.22. The molecule has 2 aromatic heterocycles. The molecule has 1 atom stereocenters. The van der Waals surface area contributed by atoms with Crippen LogP contribution >= 0.6 is 34.9 Å². The summed E-state index contributed by atoms with van der Waals surface area (Å²) in [6.07, 6.45) is 1.99. The number of aromatic nitrogens is 2. The minimum absolute atomic E-state index is 0.103. The lowest BCUT2D eigenvalue weighted by molar-refractivity contribution is 0.481. The maximum Gasteiger partial charge on any atom is 0.175 e. The summed E-state index contributed by atoms with van der Waals surface area (Å²) in [5.41, 5.74) is 5.77. The molecule has 92 valence electrons. The van der Waals surface area contributed by atoms with Crippen molar-refractivity contribution in [1.82, 2.24) is 10.2 Å². The SMILES string of the molecule is CSc1nnc(SC(CN)c2ccc(C)o2)s1. The zero-order valence-corrected chi connectivity index (χ0v) is 12.0. The van der Waals surface area contributed by atoms with E-state index in [4.69, 9.17) is 10.2 Å². The second-order valence-corrected chi connectivity index (χ2v) is 6.81. The summed E-state index contributed by atoms with van der Waals surface area (Å²) < 4.78 is 7.49. The van der Waals surface area contributed by atoms with Gasteiger partial charge in [-0.1, -0.05) is 34.9 Å². The van der Waals surface area contributed by atoms with Crippen LogP contribution in [0.2, 0.25) is 0 Å². The van der Waals surface area contributed by atoms with Gasteiger partial charge in [-0.25, -0.2) is 0 Å². The molecule has 2 rings (SSSR count). The molecule has 0 aromatic carbocycles. The fraction of sp³-hybridized carbons (Fsp3) is 0.400. The molecular formula is C10H13N3OS3. The van der Waals surface area contributed by atoms with Crippen LogP contribution in [0.1, 0.15) is 16.8 Å². The first-order valence-corrected chi connectivity index (χ1v) is 7.95. The van der Waals surface area contributed by atoms with Crippen LogP contribution in [0.25, 0.3) is 0 Å². The zero-order valence-electron chi connectivity index (χ0n) is 9.54. The lowest BCUT2D eigenvalue weighted by Crippen LogP contribution is -2.08. The number of furan rings is 1. The summed E-state index contributed by atoms with van der Waals surface area (Å²) in [5, 5.41) is 8.28. The van der Waals surface area contributed by atoms with Gasteiger partial charge in [-0.15, -0.1) is 10.2 Å². The Bertz CT molecular complexity index is 483. The first kappa shape index (κ1) is 12.9. The molecule has 2 N–H and O–H groups in total. The van der Waals surface area contributed by atoms with E-state index in [1.54, 1.807) is 34.9 Å². The van der Waals surface area contributed by atoms with Crippen LogP contribution in [0, 0.1) is 6.92 Å². The molecule has 0 aliphatic carbocycles. The predicted octanol–water partition coefficient (Wildman–Crippen LogP) is 2.95. The van der Waals surface area contributed by atoms with Crippen LogP contribution in [-0.4, -0.2) is 23.0 Å². The molecule has 0 bridgehead atoms. The molecule has 0 saturated carbocycles. The smallest absolute Gasteiger partial charge is 0.175 e. The summed E-state index contributed by atoms with van der Waals surface area (Å²) in [6, 6.07) is 3.92. The fourth-order valence-electron chi connectivity index (χ4n) is 1.30. The van der Waals surface area contributed by atoms with E-state index in [1.807, 2.05) is 25.3 Å². The Morgan fingerprint density at radius 2 is 2.18 bits per heavy atom. The standard InChI is InChI=1S/C10H13N3OS3/c1-6-3-4-7(14-6)8(5-11)16-10-13-12-9(15-2)17-10/h3-4,8H,5,11H2,1-2H3. The van der Waals surface area contributed by atoms with Gasteiger partial charge >= 0.3 is 0 Å². The average molecular weight is 287 g/mol. The Morgan fingerprint density at radius 1 is 1.41 bits per heavy atom. The van der Waals surface area contributed by atoms with E-state index in [2.05, 4.69) is 10.2 Å². The number of hydrogen-bond donors (Lipinski definition) is 1. The molecule has 0 radical (unpaired) electrons. The van der Waals surface area contributed by atoms with Gasteiger partial charge in [0.1, 0.15) is 11.5 Å². The average Bonchev–Trinajstić information content (AvgIpc) is 2.94. The van der Waals surface area contributed by atoms with E-state index in [0.717, 1.165) is 20.2 Å². The normalized spacial score (nSPS) is 12.9. The van der Waals surface area contributed by atoms with Crippen molar-refractivity contribution >= 4 is 34.9 Å². The van der Waals surface area contributed by atoms with Crippen molar-refractivity contribution in [2.75, 3.05) is 12.8 Å². The number of thioether (sulfide) groups is 2. The van der Waals surface area contributed by atoms with Gasteiger partial charge in [-0.2, -0.15) is 0 Å². The van der Waals surface area contributed by atoms with Crippen molar-refractivity contribution in [2.24, 2.45) is 5.73 Å². The molecule has 0 amide bonds. The van der Waals surface area contributed by atoms with E-state index in [1.165, 1.54) is 0 Å². The highest BCUT2D eigenvalue weighted by Crippen LogP contribution is 2.37. The summed E-state index contributed by atoms with van der Waals surface area (Å²) in [5.74, 6) is 1.80. The molecule has 4 nitrogen and oxygen atoms in total. The molecule has 0 saturated heterocycles. The highest BCUT2D eigenvalue weighted by Gasteiger charge is 2.17. The van der Waals surface area contributed by atoms with E-state index >= 15 is 0 Å². The Hall–Kier alpha value is -0.500. The van der Waals surface area contributed by atoms with Crippen molar-refractivity contribution in [3.8, 4) is 0 Å². The van der Waals surface area contributed by atoms with E-state index in [0.29, 0.717) is 6.54 Å². The maximum atomic E-state index is 5.77. The molecular weight excluding hydrogens is 274 g/mol. The third-order valence-electron chi connectivity index (χ3n) is 2.10. The number of aryl methyl sites for hydroxylation is 1. The molecule has 7 heteroatoms. The van der Waals surface area contributed by atoms with Gasteiger partial charge < -0.3 is 10.2 Å². The number of hydrogen-bond acceptors (Lipinski definition) is 7. The third-order valence-corrected chi connectivity index (χ3v) is 5.32. The maximum absolute atomic E-state index is 5.77. The molecule has 1 unspecified atom stereocenters. The summed E-state index contributed by atoms with van der Waals surface area (Å²) in [4.78, 5) is 0. The third kappa shape index (κ3) is 3.25. The summed E-state index contributed by atoms with van der Waals surface area (Å²) >= 11 is 4.79. The van der Waals surface area contributed by atoms with Crippen LogP contribution in [-0.2, 0) is 0 Å². The Kier molecular flexibility index (Phi) is 4.49. The van der Waals surface area contributed by atoms with Gasteiger partial charge in [-0.3, -0.25) is 0 Å². The largest absolute Gasteiger partial charge is 0.465 e. The topological polar surface area (TPSA) is 64.9 Å². The van der Waals surface area contributed by atoms with Gasteiger partial charge in [0.25, 0.3) is 0 Å². The van der Waals surface area contributed by atoms with Crippen LogP contribution in [0.5, 0.6) is 0 Å². The van der Waals surface area contributed by atoms with Gasteiger partial charge in [-0.05, 0) is 25.3 Å². The van der Waals surface area contributed by atoms with E-state index < -0.39 is 0 Å². The highest BCUT2D eigenvalue weighted by atomic mass is 32.2. The molecule has 0 aliphatic heterocycles. The minimum atomic E-state index is 0.103. The first-order valence-electron chi connectivity index (χ1n) is 5.03. The van der Waals surface area contributed by atoms with Gasteiger partial charge in [0.2, 0.25) is 0 Å². The molecule has 0 aliphatic rings. The van der Waals surface area contributed by atoms with Crippen LogP contribution in [0.15, 0.2) is 25.2 Å². The zero-order chi connectivity index (χ0) is 12.3. The second kappa shape index (κ2) is 5.90. The quantitative estimate of drug-likeness (QED) is 0.853. The molecule has 17 heavy (non-hydrogen) atoms. The van der Waals surface area contributed by atoms with Crippen LogP contribution in [0.3, 0.4) is 0 Å². The number of rotatable bonds is 5. The molecule has 2 heterocycles. The van der Waals surface area contributed by atoms with E-state index in [-0.39, 0.29) is 5.25 Å². The minimum Gasteiger partial charge on any atom is -0.465 e. The molecule has 0 spiro atoms. The monoisotopic (exact) mass is 287 g/mol. The summed E-state index contributed by atoms with van der Waals surface area (Å²) in [7, 11) is 0. The van der Waals surface area contributed by atoms with Crippen LogP contribution < -0.4 is 5.73 Å². The highest BCUT2D eigenvalue weighted by molar-refractivity contribution is 8.03. The van der Waals surface area contributed by atoms with Gasteiger partial charge in [0.05, 0.1) is 5.25 Å². The van der Waals surface area contributed by atoms with Gasteiger partial charge in [0, 0.05) is 6.54 Å². The van der Waals surface area contributed by atoms with Crippen molar-refractivity contribution in [3.63, 3.8) is 0 Å². The lowest BCUT2D eigenvalue weighted by Gasteiger charge is -2.08. The Balaban J connectivity index is 2.09. The number of nitrogens with zero attached hydrogens (tertiary/aromatic N) is 2. The fourth-order valence-corrected chi connectivity index (χ4v) is 3.91. The predicted molar refractivity (Wildman–Crippen MR) is 72.8 cm³/mol. The van der Waals surface area contributed by atoms with Crippen molar-refractivity contribution in [2.45, 2.75) is 20.9 Å². The van der Waals surface area contributed by atoms with Crippen LogP contribution in [0.4, 0.5) is 0 Å². The van der Waals surface area contributed by atoms with Crippen molar-refractivity contribution < 1.29 is 4.42 Å². The number of nitrogens with two attached hydrogens (primary N) is 1. The second-order valence-electron chi connectivity index (χ2n) is 3.33. The molecule has 0 fully saturated rings.